The lowest BCUT2D eigenvalue weighted by Gasteiger charge is -2.19. The molecule has 1 heterocycles. The van der Waals surface area contributed by atoms with Crippen molar-refractivity contribution in [2.75, 3.05) is 11.9 Å². The van der Waals surface area contributed by atoms with Crippen LogP contribution in [0.3, 0.4) is 0 Å². The highest BCUT2D eigenvalue weighted by Crippen LogP contribution is 2.24. The average Bonchev–Trinajstić information content (AvgIpc) is 3.00. The van der Waals surface area contributed by atoms with E-state index in [2.05, 4.69) is 15.8 Å². The van der Waals surface area contributed by atoms with Crippen molar-refractivity contribution in [1.29, 1.82) is 0 Å². The molecule has 0 bridgehead atoms. The molecule has 1 aromatic carbocycles. The molecule has 0 aliphatic carbocycles. The summed E-state index contributed by atoms with van der Waals surface area (Å²) in [5.41, 5.74) is 0.916. The summed E-state index contributed by atoms with van der Waals surface area (Å²) in [5.74, 6) is 1.13. The van der Waals surface area contributed by atoms with Crippen LogP contribution in [0.15, 0.2) is 40.9 Å². The van der Waals surface area contributed by atoms with E-state index in [1.165, 1.54) is 0 Å². The Morgan fingerprint density at radius 1 is 1.28 bits per heavy atom. The van der Waals surface area contributed by atoms with Crippen molar-refractivity contribution >= 4 is 11.8 Å². The van der Waals surface area contributed by atoms with Crippen LogP contribution in [0, 0.1) is 0 Å². The first-order chi connectivity index (χ1) is 11.8. The summed E-state index contributed by atoms with van der Waals surface area (Å²) in [6, 6.07) is 11.2. The van der Waals surface area contributed by atoms with E-state index in [0.29, 0.717) is 24.5 Å². The smallest absolute Gasteiger partial charge is 0.320 e. The Hall–Kier alpha value is -2.34. The van der Waals surface area contributed by atoms with Crippen LogP contribution in [-0.2, 0) is 5.41 Å². The Morgan fingerprint density at radius 2 is 1.96 bits per heavy atom. The van der Waals surface area contributed by atoms with Crippen LogP contribution in [0.1, 0.15) is 51.4 Å². The van der Waals surface area contributed by atoms with E-state index in [0.717, 1.165) is 5.56 Å². The maximum Gasteiger partial charge on any atom is 0.320 e. The predicted octanol–water partition coefficient (Wildman–Crippen LogP) is 3.65. The lowest BCUT2D eigenvalue weighted by Crippen LogP contribution is -2.33. The Bertz CT molecular complexity index is 675. The summed E-state index contributed by atoms with van der Waals surface area (Å²) < 4.78 is 5.25. The largest absolute Gasteiger partial charge is 0.393 e. The topological polar surface area (TPSA) is 87.4 Å². The van der Waals surface area contributed by atoms with Gasteiger partial charge in [0.25, 0.3) is 0 Å². The molecule has 0 radical (unpaired) electrons. The first-order valence-electron chi connectivity index (χ1n) is 8.50. The molecule has 0 spiro atoms. The van der Waals surface area contributed by atoms with Gasteiger partial charge in [0.15, 0.2) is 5.82 Å². The second-order valence-corrected chi connectivity index (χ2v) is 7.35. The summed E-state index contributed by atoms with van der Waals surface area (Å²) in [6.07, 6.45) is 0.127. The van der Waals surface area contributed by atoms with Crippen molar-refractivity contribution in [3.8, 4) is 0 Å². The van der Waals surface area contributed by atoms with E-state index in [1.54, 1.807) is 13.0 Å². The standard InChI is InChI=1S/C19H27N3O3/c1-13(23)10-15(14-8-6-5-7-9-14)12-20-18(24)21-17-11-16(25-22-17)19(2,3)4/h5-9,11,13,15,23H,10,12H2,1-4H3,(H2,20,21,22,24). The maximum atomic E-state index is 12.1. The maximum absolute atomic E-state index is 12.1. The van der Waals surface area contributed by atoms with Gasteiger partial charge in [-0.3, -0.25) is 5.32 Å². The molecule has 0 saturated heterocycles. The number of nitrogens with zero attached hydrogens (tertiary/aromatic N) is 1. The minimum Gasteiger partial charge on any atom is -0.393 e. The van der Waals surface area contributed by atoms with Gasteiger partial charge in [-0.2, -0.15) is 0 Å². The number of rotatable bonds is 6. The molecule has 0 aliphatic rings. The van der Waals surface area contributed by atoms with Crippen LogP contribution in [0.25, 0.3) is 0 Å². The quantitative estimate of drug-likeness (QED) is 0.746. The molecular formula is C19H27N3O3. The fraction of sp³-hybridized carbons (Fsp3) is 0.474. The number of carbonyl (C=O) groups excluding carboxylic acids is 1. The summed E-state index contributed by atoms with van der Waals surface area (Å²) in [6.45, 7) is 8.21. The monoisotopic (exact) mass is 345 g/mol. The number of aromatic nitrogens is 1. The van der Waals surface area contributed by atoms with Crippen LogP contribution in [-0.4, -0.2) is 28.9 Å². The van der Waals surface area contributed by atoms with Crippen molar-refractivity contribution in [3.05, 3.63) is 47.7 Å². The molecule has 136 valence electrons. The first-order valence-corrected chi connectivity index (χ1v) is 8.50. The molecule has 6 heteroatoms. The molecule has 2 rings (SSSR count). The molecule has 6 nitrogen and oxygen atoms in total. The molecule has 2 amide bonds. The van der Waals surface area contributed by atoms with Gasteiger partial charge in [0, 0.05) is 23.9 Å². The number of amides is 2. The molecule has 0 aliphatic heterocycles. The number of nitrogens with one attached hydrogen (secondary N) is 2. The number of benzene rings is 1. The van der Waals surface area contributed by atoms with Crippen molar-refractivity contribution in [2.24, 2.45) is 0 Å². The lowest BCUT2D eigenvalue weighted by molar-refractivity contribution is 0.173. The van der Waals surface area contributed by atoms with E-state index in [1.807, 2.05) is 51.1 Å². The summed E-state index contributed by atoms with van der Waals surface area (Å²) in [7, 11) is 0. The highest BCUT2D eigenvalue weighted by Gasteiger charge is 2.21. The van der Waals surface area contributed by atoms with E-state index < -0.39 is 6.10 Å². The van der Waals surface area contributed by atoms with E-state index >= 15 is 0 Å². The fourth-order valence-corrected chi connectivity index (χ4v) is 2.54. The average molecular weight is 345 g/mol. The second kappa shape index (κ2) is 8.16. The Balaban J connectivity index is 1.93. The van der Waals surface area contributed by atoms with Crippen molar-refractivity contribution < 1.29 is 14.4 Å². The molecule has 3 N–H and O–H groups in total. The lowest BCUT2D eigenvalue weighted by atomic mass is 9.93. The number of hydrogen-bond donors (Lipinski definition) is 3. The van der Waals surface area contributed by atoms with Gasteiger partial charge in [-0.15, -0.1) is 0 Å². The van der Waals surface area contributed by atoms with Gasteiger partial charge in [-0.1, -0.05) is 56.3 Å². The number of anilines is 1. The third-order valence-electron chi connectivity index (χ3n) is 3.90. The van der Waals surface area contributed by atoms with Crippen LogP contribution in [0.4, 0.5) is 10.6 Å². The van der Waals surface area contributed by atoms with Gasteiger partial charge in [-0.05, 0) is 18.9 Å². The molecule has 0 saturated carbocycles. The van der Waals surface area contributed by atoms with E-state index in [-0.39, 0.29) is 17.4 Å². The van der Waals surface area contributed by atoms with Gasteiger partial charge < -0.3 is 14.9 Å². The normalized spacial score (nSPS) is 14.0. The van der Waals surface area contributed by atoms with Crippen LogP contribution < -0.4 is 10.6 Å². The van der Waals surface area contributed by atoms with Gasteiger partial charge in [0.1, 0.15) is 5.76 Å². The highest BCUT2D eigenvalue weighted by atomic mass is 16.5. The molecule has 25 heavy (non-hydrogen) atoms. The SMILES string of the molecule is CC(O)CC(CNC(=O)Nc1cc(C(C)(C)C)on1)c1ccccc1. The van der Waals surface area contributed by atoms with Gasteiger partial charge in [0.2, 0.25) is 0 Å². The van der Waals surface area contributed by atoms with Gasteiger partial charge >= 0.3 is 6.03 Å². The molecule has 2 aromatic rings. The van der Waals surface area contributed by atoms with Gasteiger partial charge in [-0.25, -0.2) is 4.79 Å². The zero-order valence-electron chi connectivity index (χ0n) is 15.2. The summed E-state index contributed by atoms with van der Waals surface area (Å²) in [4.78, 5) is 12.1. The van der Waals surface area contributed by atoms with Crippen LogP contribution >= 0.6 is 0 Å². The van der Waals surface area contributed by atoms with Crippen molar-refractivity contribution in [3.63, 3.8) is 0 Å². The molecule has 1 aromatic heterocycles. The van der Waals surface area contributed by atoms with Crippen LogP contribution in [0.5, 0.6) is 0 Å². The zero-order valence-corrected chi connectivity index (χ0v) is 15.2. The summed E-state index contributed by atoms with van der Waals surface area (Å²) in [5, 5.41) is 19.1. The van der Waals surface area contributed by atoms with Crippen molar-refractivity contribution in [1.82, 2.24) is 10.5 Å². The Kier molecular flexibility index (Phi) is 6.20. The Morgan fingerprint density at radius 3 is 2.52 bits per heavy atom. The number of carbonyl (C=O) groups is 1. The van der Waals surface area contributed by atoms with Crippen molar-refractivity contribution in [2.45, 2.75) is 51.6 Å². The first kappa shape index (κ1) is 19.0. The predicted molar refractivity (Wildman–Crippen MR) is 97.7 cm³/mol. The van der Waals surface area contributed by atoms with Crippen LogP contribution in [0.2, 0.25) is 0 Å². The second-order valence-electron chi connectivity index (χ2n) is 7.35. The van der Waals surface area contributed by atoms with E-state index in [9.17, 15) is 9.90 Å². The number of urea groups is 1. The summed E-state index contributed by atoms with van der Waals surface area (Å²) >= 11 is 0. The molecular weight excluding hydrogens is 318 g/mol. The molecule has 2 unspecified atom stereocenters. The molecule has 2 atom stereocenters. The Labute approximate surface area is 148 Å². The fourth-order valence-electron chi connectivity index (χ4n) is 2.54. The number of aliphatic hydroxyl groups is 1. The third-order valence-corrected chi connectivity index (χ3v) is 3.90. The van der Waals surface area contributed by atoms with Gasteiger partial charge in [0.05, 0.1) is 6.10 Å². The highest BCUT2D eigenvalue weighted by molar-refractivity contribution is 5.88. The number of aliphatic hydroxyl groups excluding tert-OH is 1. The number of hydrogen-bond acceptors (Lipinski definition) is 4. The molecule has 0 fully saturated rings. The minimum absolute atomic E-state index is 0.0365. The van der Waals surface area contributed by atoms with E-state index in [4.69, 9.17) is 4.52 Å². The minimum atomic E-state index is -0.444. The third kappa shape index (κ3) is 5.90. The zero-order chi connectivity index (χ0) is 18.4.